The summed E-state index contributed by atoms with van der Waals surface area (Å²) in [5, 5.41) is 8.75. The Balaban J connectivity index is 2.96. The SMILES string of the molecule is CC[C@@H](C)c1ccccc1CC(=O)O. The fourth-order valence-electron chi connectivity index (χ4n) is 1.56. The first-order chi connectivity index (χ1) is 6.65. The molecule has 0 radical (unpaired) electrons. The summed E-state index contributed by atoms with van der Waals surface area (Å²) in [6.07, 6.45) is 1.16. The van der Waals surface area contributed by atoms with Crippen LogP contribution in [0.1, 0.15) is 37.3 Å². The fraction of sp³-hybridized carbons (Fsp3) is 0.417. The van der Waals surface area contributed by atoms with E-state index < -0.39 is 5.97 Å². The van der Waals surface area contributed by atoms with Crippen molar-refractivity contribution in [2.24, 2.45) is 0 Å². The molecular weight excluding hydrogens is 176 g/mol. The molecular formula is C12H16O2. The summed E-state index contributed by atoms with van der Waals surface area (Å²) in [7, 11) is 0. The fourth-order valence-corrected chi connectivity index (χ4v) is 1.56. The topological polar surface area (TPSA) is 37.3 Å². The Morgan fingerprint density at radius 3 is 2.64 bits per heavy atom. The monoisotopic (exact) mass is 192 g/mol. The molecule has 1 N–H and O–H groups in total. The molecule has 76 valence electrons. The van der Waals surface area contributed by atoms with Gasteiger partial charge in [-0.2, -0.15) is 0 Å². The van der Waals surface area contributed by atoms with Crippen LogP contribution >= 0.6 is 0 Å². The number of rotatable bonds is 4. The number of carbonyl (C=O) groups is 1. The summed E-state index contributed by atoms with van der Waals surface area (Å²) in [4.78, 5) is 10.6. The Morgan fingerprint density at radius 1 is 1.43 bits per heavy atom. The highest BCUT2D eigenvalue weighted by Crippen LogP contribution is 2.22. The molecule has 1 aromatic carbocycles. The Hall–Kier alpha value is -1.31. The van der Waals surface area contributed by atoms with Crippen LogP contribution in [0.4, 0.5) is 0 Å². The van der Waals surface area contributed by atoms with Crippen molar-refractivity contribution in [3.8, 4) is 0 Å². The predicted molar refractivity (Wildman–Crippen MR) is 56.5 cm³/mol. The van der Waals surface area contributed by atoms with Crippen LogP contribution in [0.25, 0.3) is 0 Å². The van der Waals surface area contributed by atoms with E-state index in [0.717, 1.165) is 17.5 Å². The van der Waals surface area contributed by atoms with E-state index in [1.54, 1.807) is 0 Å². The smallest absolute Gasteiger partial charge is 0.307 e. The second kappa shape index (κ2) is 4.80. The minimum Gasteiger partial charge on any atom is -0.481 e. The number of hydrogen-bond donors (Lipinski definition) is 1. The lowest BCUT2D eigenvalue weighted by atomic mass is 9.92. The second-order valence-electron chi connectivity index (χ2n) is 3.58. The average Bonchev–Trinajstić information content (AvgIpc) is 2.16. The van der Waals surface area contributed by atoms with Crippen molar-refractivity contribution in [2.45, 2.75) is 32.6 Å². The molecule has 0 bridgehead atoms. The first-order valence-electron chi connectivity index (χ1n) is 4.94. The number of hydrogen-bond acceptors (Lipinski definition) is 1. The van der Waals surface area contributed by atoms with Crippen LogP contribution in [0.2, 0.25) is 0 Å². The van der Waals surface area contributed by atoms with E-state index in [4.69, 9.17) is 5.11 Å². The van der Waals surface area contributed by atoms with Crippen LogP contribution in [0.5, 0.6) is 0 Å². The van der Waals surface area contributed by atoms with Crippen LogP contribution in [0, 0.1) is 0 Å². The zero-order chi connectivity index (χ0) is 10.6. The van der Waals surface area contributed by atoms with Gasteiger partial charge in [-0.05, 0) is 23.5 Å². The molecule has 2 heteroatoms. The molecule has 0 heterocycles. The molecule has 0 unspecified atom stereocenters. The first kappa shape index (κ1) is 10.8. The van der Waals surface area contributed by atoms with Crippen molar-refractivity contribution in [1.82, 2.24) is 0 Å². The van der Waals surface area contributed by atoms with E-state index in [9.17, 15) is 4.79 Å². The molecule has 0 aliphatic heterocycles. The van der Waals surface area contributed by atoms with Gasteiger partial charge < -0.3 is 5.11 Å². The lowest BCUT2D eigenvalue weighted by Crippen LogP contribution is -2.05. The van der Waals surface area contributed by atoms with Crippen LogP contribution in [0.3, 0.4) is 0 Å². The molecule has 0 aliphatic rings. The highest BCUT2D eigenvalue weighted by atomic mass is 16.4. The van der Waals surface area contributed by atoms with E-state index >= 15 is 0 Å². The molecule has 0 amide bonds. The van der Waals surface area contributed by atoms with Gasteiger partial charge in [0, 0.05) is 0 Å². The maximum atomic E-state index is 10.6. The van der Waals surface area contributed by atoms with Crippen molar-refractivity contribution >= 4 is 5.97 Å². The summed E-state index contributed by atoms with van der Waals surface area (Å²) < 4.78 is 0. The van der Waals surface area contributed by atoms with Crippen LogP contribution < -0.4 is 0 Å². The quantitative estimate of drug-likeness (QED) is 0.796. The Kier molecular flexibility index (Phi) is 3.69. The second-order valence-corrected chi connectivity index (χ2v) is 3.58. The van der Waals surface area contributed by atoms with Crippen LogP contribution in [-0.2, 0) is 11.2 Å². The highest BCUT2D eigenvalue weighted by Gasteiger charge is 2.10. The normalized spacial score (nSPS) is 12.4. The first-order valence-corrected chi connectivity index (χ1v) is 4.94. The van der Waals surface area contributed by atoms with Crippen LogP contribution in [-0.4, -0.2) is 11.1 Å². The van der Waals surface area contributed by atoms with Gasteiger partial charge in [-0.25, -0.2) is 0 Å². The van der Waals surface area contributed by atoms with Gasteiger partial charge in [-0.15, -0.1) is 0 Å². The Bertz CT molecular complexity index is 318. The van der Waals surface area contributed by atoms with Crippen LogP contribution in [0.15, 0.2) is 24.3 Å². The molecule has 14 heavy (non-hydrogen) atoms. The molecule has 0 saturated carbocycles. The molecule has 1 atom stereocenters. The molecule has 0 fully saturated rings. The van der Waals surface area contributed by atoms with Gasteiger partial charge in [-0.1, -0.05) is 38.1 Å². The lowest BCUT2D eigenvalue weighted by Gasteiger charge is -2.13. The van der Waals surface area contributed by atoms with E-state index in [1.165, 1.54) is 0 Å². The zero-order valence-electron chi connectivity index (χ0n) is 8.66. The summed E-state index contributed by atoms with van der Waals surface area (Å²) in [5.74, 6) is -0.327. The van der Waals surface area contributed by atoms with Gasteiger partial charge in [-0.3, -0.25) is 4.79 Å². The molecule has 0 aliphatic carbocycles. The van der Waals surface area contributed by atoms with E-state index in [-0.39, 0.29) is 6.42 Å². The maximum Gasteiger partial charge on any atom is 0.307 e. The molecule has 1 rings (SSSR count). The summed E-state index contributed by atoms with van der Waals surface area (Å²) in [6.45, 7) is 4.24. The third kappa shape index (κ3) is 2.59. The average molecular weight is 192 g/mol. The van der Waals surface area contributed by atoms with Crippen molar-refractivity contribution in [3.05, 3.63) is 35.4 Å². The number of benzene rings is 1. The van der Waals surface area contributed by atoms with Crippen molar-refractivity contribution in [3.63, 3.8) is 0 Å². The number of carboxylic acids is 1. The van der Waals surface area contributed by atoms with E-state index in [1.807, 2.05) is 24.3 Å². The highest BCUT2D eigenvalue weighted by molar-refractivity contribution is 5.70. The number of aliphatic carboxylic acids is 1. The standard InChI is InChI=1S/C12H16O2/c1-3-9(2)11-7-5-4-6-10(11)8-12(13)14/h4-7,9H,3,8H2,1-2H3,(H,13,14)/t9-/m1/s1. The summed E-state index contributed by atoms with van der Waals surface area (Å²) in [6, 6.07) is 7.78. The molecule has 2 nitrogen and oxygen atoms in total. The molecule has 0 saturated heterocycles. The van der Waals surface area contributed by atoms with Gasteiger partial charge in [0.25, 0.3) is 0 Å². The largest absolute Gasteiger partial charge is 0.481 e. The lowest BCUT2D eigenvalue weighted by molar-refractivity contribution is -0.136. The maximum absolute atomic E-state index is 10.6. The van der Waals surface area contributed by atoms with Crippen molar-refractivity contribution in [2.75, 3.05) is 0 Å². The van der Waals surface area contributed by atoms with Crippen molar-refractivity contribution < 1.29 is 9.90 Å². The Labute approximate surface area is 84.6 Å². The molecule has 0 spiro atoms. The third-order valence-electron chi connectivity index (χ3n) is 2.54. The zero-order valence-corrected chi connectivity index (χ0v) is 8.66. The Morgan fingerprint density at radius 2 is 2.07 bits per heavy atom. The van der Waals surface area contributed by atoms with Gasteiger partial charge in [0.05, 0.1) is 6.42 Å². The van der Waals surface area contributed by atoms with Crippen molar-refractivity contribution in [1.29, 1.82) is 0 Å². The van der Waals surface area contributed by atoms with Gasteiger partial charge in [0.15, 0.2) is 0 Å². The minimum absolute atomic E-state index is 0.126. The summed E-state index contributed by atoms with van der Waals surface area (Å²) in [5.41, 5.74) is 2.10. The minimum atomic E-state index is -0.763. The predicted octanol–water partition coefficient (Wildman–Crippen LogP) is 2.83. The molecule has 0 aromatic heterocycles. The van der Waals surface area contributed by atoms with E-state index in [2.05, 4.69) is 13.8 Å². The molecule has 1 aromatic rings. The third-order valence-corrected chi connectivity index (χ3v) is 2.54. The van der Waals surface area contributed by atoms with Gasteiger partial charge in [0.2, 0.25) is 0 Å². The number of carboxylic acid groups (broad SMARTS) is 1. The summed E-state index contributed by atoms with van der Waals surface area (Å²) >= 11 is 0. The van der Waals surface area contributed by atoms with E-state index in [0.29, 0.717) is 5.92 Å². The van der Waals surface area contributed by atoms with Gasteiger partial charge in [0.1, 0.15) is 0 Å². The van der Waals surface area contributed by atoms with Gasteiger partial charge >= 0.3 is 5.97 Å².